The first kappa shape index (κ1) is 19.8. The van der Waals surface area contributed by atoms with Gasteiger partial charge < -0.3 is 10.2 Å². The van der Waals surface area contributed by atoms with Crippen molar-refractivity contribution < 1.29 is 4.79 Å². The van der Waals surface area contributed by atoms with Crippen molar-refractivity contribution in [3.63, 3.8) is 0 Å². The Kier molecular flexibility index (Phi) is 5.21. The fraction of sp³-hybridized carbons (Fsp3) is 0.318. The van der Waals surface area contributed by atoms with Crippen molar-refractivity contribution >= 4 is 34.0 Å². The maximum absolute atomic E-state index is 12.4. The molecule has 4 aromatic rings. The molecule has 5 rings (SSSR count). The average Bonchev–Trinajstić information content (AvgIpc) is 3.43. The van der Waals surface area contributed by atoms with Gasteiger partial charge in [-0.05, 0) is 52.0 Å². The molecular formula is C22H23N7OS. The molecule has 1 N–H and O–H groups in total. The molecule has 0 bridgehead atoms. The van der Waals surface area contributed by atoms with Crippen molar-refractivity contribution in [1.29, 1.82) is 0 Å². The minimum absolute atomic E-state index is 0.215. The number of anilines is 1. The molecule has 1 aliphatic heterocycles. The number of carbonyl (C=O) groups is 1. The Labute approximate surface area is 184 Å². The summed E-state index contributed by atoms with van der Waals surface area (Å²) >= 11 is 1.35. The molecule has 0 aliphatic carbocycles. The van der Waals surface area contributed by atoms with Crippen molar-refractivity contribution in [2.24, 2.45) is 0 Å². The summed E-state index contributed by atoms with van der Waals surface area (Å²) in [6, 6.07) is 6.21. The van der Waals surface area contributed by atoms with E-state index in [2.05, 4.69) is 43.2 Å². The predicted octanol–water partition coefficient (Wildman–Crippen LogP) is 3.78. The Balaban J connectivity index is 1.37. The second-order valence-corrected chi connectivity index (χ2v) is 9.13. The molecule has 5 heterocycles. The monoisotopic (exact) mass is 433 g/mol. The van der Waals surface area contributed by atoms with Gasteiger partial charge in [0.05, 0.1) is 34.7 Å². The van der Waals surface area contributed by atoms with Crippen LogP contribution in [0.25, 0.3) is 22.2 Å². The lowest BCUT2D eigenvalue weighted by molar-refractivity contribution is 0.103. The number of piperidine rings is 1. The number of thiazole rings is 1. The van der Waals surface area contributed by atoms with E-state index in [1.165, 1.54) is 11.3 Å². The molecule has 0 spiro atoms. The van der Waals surface area contributed by atoms with Gasteiger partial charge in [0.25, 0.3) is 5.91 Å². The first-order valence-electron chi connectivity index (χ1n) is 10.3. The van der Waals surface area contributed by atoms with E-state index in [4.69, 9.17) is 4.98 Å². The molecule has 31 heavy (non-hydrogen) atoms. The lowest BCUT2D eigenvalue weighted by Crippen LogP contribution is -2.31. The number of nitrogens with zero attached hydrogens (tertiary/aromatic N) is 6. The summed E-state index contributed by atoms with van der Waals surface area (Å²) in [5.41, 5.74) is 2.62. The Morgan fingerprint density at radius 2 is 2.00 bits per heavy atom. The van der Waals surface area contributed by atoms with Gasteiger partial charge in [-0.25, -0.2) is 15.0 Å². The minimum Gasteiger partial charge on any atom is -0.306 e. The van der Waals surface area contributed by atoms with E-state index in [1.54, 1.807) is 18.5 Å². The summed E-state index contributed by atoms with van der Waals surface area (Å²) in [5, 5.41) is 9.20. The molecule has 1 amide bonds. The molecule has 8 nitrogen and oxygen atoms in total. The van der Waals surface area contributed by atoms with Crippen molar-refractivity contribution in [3.8, 4) is 11.3 Å². The number of likely N-dealkylation sites (tertiary alicyclic amines) is 1. The number of rotatable bonds is 4. The van der Waals surface area contributed by atoms with Crippen LogP contribution in [0.5, 0.6) is 0 Å². The fourth-order valence-electron chi connectivity index (χ4n) is 3.82. The van der Waals surface area contributed by atoms with Crippen molar-refractivity contribution in [3.05, 3.63) is 52.9 Å². The summed E-state index contributed by atoms with van der Waals surface area (Å²) < 4.78 is 2.07. The van der Waals surface area contributed by atoms with E-state index in [0.29, 0.717) is 16.7 Å². The summed E-state index contributed by atoms with van der Waals surface area (Å²) in [5.74, 6) is 0.253. The van der Waals surface area contributed by atoms with Crippen LogP contribution in [0.15, 0.2) is 43.0 Å². The summed E-state index contributed by atoms with van der Waals surface area (Å²) in [6.45, 7) is 4.06. The number of carbonyl (C=O) groups excluding carboxylic acids is 1. The van der Waals surface area contributed by atoms with Gasteiger partial charge >= 0.3 is 0 Å². The Hall–Kier alpha value is -3.17. The molecule has 4 aromatic heterocycles. The zero-order valence-corrected chi connectivity index (χ0v) is 18.3. The molecule has 158 valence electrons. The highest BCUT2D eigenvalue weighted by atomic mass is 32.1. The first-order valence-corrected chi connectivity index (χ1v) is 11.1. The van der Waals surface area contributed by atoms with Crippen LogP contribution in [0, 0.1) is 6.92 Å². The second-order valence-electron chi connectivity index (χ2n) is 7.90. The predicted molar refractivity (Wildman–Crippen MR) is 121 cm³/mol. The van der Waals surface area contributed by atoms with E-state index in [0.717, 1.165) is 53.1 Å². The van der Waals surface area contributed by atoms with Crippen LogP contribution in [0.3, 0.4) is 0 Å². The summed E-state index contributed by atoms with van der Waals surface area (Å²) in [6.07, 6.45) is 9.48. The number of hydrogen-bond donors (Lipinski definition) is 1. The number of pyridine rings is 2. The lowest BCUT2D eigenvalue weighted by Gasteiger charge is -2.28. The fourth-order valence-corrected chi connectivity index (χ4v) is 4.49. The quantitative estimate of drug-likeness (QED) is 0.527. The molecule has 1 aliphatic rings. The number of nitrogens with one attached hydrogen (secondary N) is 1. The molecular weight excluding hydrogens is 410 g/mol. The number of amides is 1. The number of fused-ring (bicyclic) bond motifs is 1. The molecule has 1 saturated heterocycles. The molecule has 0 aromatic carbocycles. The van der Waals surface area contributed by atoms with E-state index in [-0.39, 0.29) is 5.91 Å². The van der Waals surface area contributed by atoms with Crippen LogP contribution in [0.2, 0.25) is 0 Å². The number of aromatic nitrogens is 5. The van der Waals surface area contributed by atoms with Crippen LogP contribution < -0.4 is 5.32 Å². The zero-order valence-electron chi connectivity index (χ0n) is 17.4. The number of aryl methyl sites for hydroxylation is 1. The largest absolute Gasteiger partial charge is 0.306 e. The normalized spacial score (nSPS) is 15.4. The van der Waals surface area contributed by atoms with Gasteiger partial charge in [-0.1, -0.05) is 0 Å². The molecule has 9 heteroatoms. The standard InChI is InChI=1S/C22H23N7OS/c1-14-23-12-20(31-14)22(30)27-21-9-19-15(10-24-21)3-4-18(26-19)16-11-25-29(13-16)17-5-7-28(2)8-6-17/h3-4,9-13,17H,5-8H2,1-2H3,(H,24,27,30). The van der Waals surface area contributed by atoms with E-state index >= 15 is 0 Å². The molecule has 0 atom stereocenters. The van der Waals surface area contributed by atoms with Crippen molar-refractivity contribution in [2.75, 3.05) is 25.5 Å². The Morgan fingerprint density at radius 3 is 2.77 bits per heavy atom. The van der Waals surface area contributed by atoms with Gasteiger partial charge in [0.2, 0.25) is 0 Å². The van der Waals surface area contributed by atoms with Gasteiger partial charge in [-0.3, -0.25) is 9.48 Å². The van der Waals surface area contributed by atoms with E-state index < -0.39 is 0 Å². The Morgan fingerprint density at radius 1 is 1.16 bits per heavy atom. The Bertz CT molecular complexity index is 1240. The summed E-state index contributed by atoms with van der Waals surface area (Å²) in [7, 11) is 2.16. The highest BCUT2D eigenvalue weighted by Crippen LogP contribution is 2.26. The SMILES string of the molecule is Cc1ncc(C(=O)Nc2cc3nc(-c4cnn(C5CCN(C)CC5)c4)ccc3cn2)s1. The lowest BCUT2D eigenvalue weighted by atomic mass is 10.1. The third kappa shape index (κ3) is 4.19. The summed E-state index contributed by atoms with van der Waals surface area (Å²) in [4.78, 5) is 28.6. The molecule has 1 fully saturated rings. The zero-order chi connectivity index (χ0) is 21.4. The van der Waals surface area contributed by atoms with Gasteiger partial charge in [0, 0.05) is 29.4 Å². The first-order chi connectivity index (χ1) is 15.0. The van der Waals surface area contributed by atoms with E-state index in [1.807, 2.05) is 25.3 Å². The van der Waals surface area contributed by atoms with Gasteiger partial charge in [0.15, 0.2) is 0 Å². The maximum atomic E-state index is 12.4. The van der Waals surface area contributed by atoms with Crippen LogP contribution >= 0.6 is 11.3 Å². The average molecular weight is 434 g/mol. The third-order valence-corrected chi connectivity index (χ3v) is 6.53. The smallest absolute Gasteiger partial charge is 0.268 e. The van der Waals surface area contributed by atoms with Crippen LogP contribution in [-0.4, -0.2) is 55.7 Å². The van der Waals surface area contributed by atoms with Gasteiger partial charge in [-0.15, -0.1) is 11.3 Å². The van der Waals surface area contributed by atoms with Crippen LogP contribution in [0.1, 0.15) is 33.6 Å². The van der Waals surface area contributed by atoms with Crippen molar-refractivity contribution in [1.82, 2.24) is 29.6 Å². The molecule has 0 unspecified atom stereocenters. The molecule has 0 saturated carbocycles. The highest BCUT2D eigenvalue weighted by Gasteiger charge is 2.19. The topological polar surface area (TPSA) is 88.8 Å². The molecule has 0 radical (unpaired) electrons. The van der Waals surface area contributed by atoms with Crippen LogP contribution in [0.4, 0.5) is 5.82 Å². The van der Waals surface area contributed by atoms with Crippen molar-refractivity contribution in [2.45, 2.75) is 25.8 Å². The van der Waals surface area contributed by atoms with Gasteiger partial charge in [-0.2, -0.15) is 5.10 Å². The van der Waals surface area contributed by atoms with E-state index in [9.17, 15) is 4.79 Å². The minimum atomic E-state index is -0.215. The van der Waals surface area contributed by atoms with Crippen LogP contribution in [-0.2, 0) is 0 Å². The number of hydrogen-bond acceptors (Lipinski definition) is 7. The highest BCUT2D eigenvalue weighted by molar-refractivity contribution is 7.13. The maximum Gasteiger partial charge on any atom is 0.268 e. The van der Waals surface area contributed by atoms with Gasteiger partial charge in [0.1, 0.15) is 10.7 Å². The third-order valence-electron chi connectivity index (χ3n) is 5.62. The second kappa shape index (κ2) is 8.16.